The molecule has 3 N–H and O–H groups in total. The molecule has 10 heteroatoms. The number of sulfone groups is 1. The van der Waals surface area contributed by atoms with E-state index in [9.17, 15) is 22.4 Å². The first-order chi connectivity index (χ1) is 10.7. The van der Waals surface area contributed by atoms with E-state index in [1.165, 1.54) is 12.1 Å². The van der Waals surface area contributed by atoms with Gasteiger partial charge in [-0.3, -0.25) is 4.79 Å². The fourth-order valence-electron chi connectivity index (χ4n) is 2.09. The predicted octanol–water partition coefficient (Wildman–Crippen LogP) is 1.01. The molecule has 0 bridgehead atoms. The molecule has 0 aliphatic carbocycles. The Labute approximate surface area is 141 Å². The summed E-state index contributed by atoms with van der Waals surface area (Å²) < 4.78 is 36.6. The van der Waals surface area contributed by atoms with Crippen LogP contribution in [0.5, 0.6) is 0 Å². The summed E-state index contributed by atoms with van der Waals surface area (Å²) in [6.45, 7) is -0.360. The third-order valence-corrected chi connectivity index (χ3v) is 5.44. The molecule has 0 unspecified atom stereocenters. The van der Waals surface area contributed by atoms with Crippen molar-refractivity contribution in [2.45, 2.75) is 12.5 Å². The highest BCUT2D eigenvalue weighted by Crippen LogP contribution is 2.19. The first-order valence-corrected chi connectivity index (χ1v) is 9.36. The van der Waals surface area contributed by atoms with Crippen molar-refractivity contribution < 1.29 is 22.4 Å². The van der Waals surface area contributed by atoms with E-state index in [1.807, 2.05) is 0 Å². The maximum atomic E-state index is 13.6. The number of nitrogens with one attached hydrogen (secondary N) is 3. The number of benzene rings is 1. The van der Waals surface area contributed by atoms with Crippen LogP contribution in [-0.4, -0.2) is 44.4 Å². The minimum Gasteiger partial charge on any atom is -0.334 e. The van der Waals surface area contributed by atoms with Crippen molar-refractivity contribution in [1.29, 1.82) is 0 Å². The van der Waals surface area contributed by atoms with E-state index >= 15 is 0 Å². The number of urea groups is 1. The van der Waals surface area contributed by atoms with Gasteiger partial charge in [0.05, 0.1) is 23.7 Å². The van der Waals surface area contributed by atoms with E-state index in [1.54, 1.807) is 6.07 Å². The molecular formula is C13H15BrFN3O4S. The lowest BCUT2D eigenvalue weighted by molar-refractivity contribution is -0.115. The van der Waals surface area contributed by atoms with Crippen LogP contribution in [0, 0.1) is 5.82 Å². The summed E-state index contributed by atoms with van der Waals surface area (Å²) in [7, 11) is -3.09. The molecule has 2 rings (SSSR count). The summed E-state index contributed by atoms with van der Waals surface area (Å²) in [6.07, 6.45) is 0.353. The molecule has 0 aromatic heterocycles. The second-order valence-corrected chi connectivity index (χ2v) is 8.24. The van der Waals surface area contributed by atoms with Crippen molar-refractivity contribution in [3.63, 3.8) is 0 Å². The fraction of sp³-hybridized carbons (Fsp3) is 0.385. The molecule has 1 atom stereocenters. The summed E-state index contributed by atoms with van der Waals surface area (Å²) >= 11 is 3.10. The van der Waals surface area contributed by atoms with Gasteiger partial charge < -0.3 is 16.0 Å². The average molecular weight is 408 g/mol. The number of carbonyl (C=O) groups is 2. The Bertz CT molecular complexity index is 726. The summed E-state index contributed by atoms with van der Waals surface area (Å²) in [6, 6.07) is 3.07. The molecule has 1 fully saturated rings. The Balaban J connectivity index is 1.77. The van der Waals surface area contributed by atoms with Gasteiger partial charge in [-0.05, 0) is 24.6 Å². The lowest BCUT2D eigenvalue weighted by atomic mass is 10.3. The van der Waals surface area contributed by atoms with Gasteiger partial charge in [-0.1, -0.05) is 15.9 Å². The molecule has 1 aromatic carbocycles. The number of hydrogen-bond donors (Lipinski definition) is 3. The molecule has 1 aromatic rings. The highest BCUT2D eigenvalue weighted by Gasteiger charge is 2.28. The lowest BCUT2D eigenvalue weighted by Gasteiger charge is -2.12. The van der Waals surface area contributed by atoms with Gasteiger partial charge in [0.25, 0.3) is 0 Å². The van der Waals surface area contributed by atoms with E-state index in [4.69, 9.17) is 0 Å². The van der Waals surface area contributed by atoms with Crippen molar-refractivity contribution in [1.82, 2.24) is 10.6 Å². The normalized spacial score (nSPS) is 19.1. The van der Waals surface area contributed by atoms with Crippen LogP contribution >= 0.6 is 15.9 Å². The van der Waals surface area contributed by atoms with E-state index in [-0.39, 0.29) is 23.7 Å². The Morgan fingerprint density at radius 1 is 1.35 bits per heavy atom. The van der Waals surface area contributed by atoms with Crippen molar-refractivity contribution >= 4 is 43.4 Å². The largest absolute Gasteiger partial charge is 0.334 e. The molecule has 1 aliphatic heterocycles. The van der Waals surface area contributed by atoms with Crippen molar-refractivity contribution in [2.24, 2.45) is 0 Å². The van der Waals surface area contributed by atoms with Gasteiger partial charge in [-0.15, -0.1) is 0 Å². The van der Waals surface area contributed by atoms with Crippen LogP contribution in [0.1, 0.15) is 6.42 Å². The SMILES string of the molecule is O=C(CNC(=O)N[C@H]1CCS(=O)(=O)C1)Nc1ccc(Br)cc1F. The van der Waals surface area contributed by atoms with Crippen LogP contribution in [-0.2, 0) is 14.6 Å². The maximum absolute atomic E-state index is 13.6. The van der Waals surface area contributed by atoms with Crippen LogP contribution in [0.25, 0.3) is 0 Å². The maximum Gasteiger partial charge on any atom is 0.315 e. The Hall–Kier alpha value is -1.68. The summed E-state index contributed by atoms with van der Waals surface area (Å²) in [5, 5.41) is 7.11. The molecule has 126 valence electrons. The minimum absolute atomic E-state index is 0.00212. The summed E-state index contributed by atoms with van der Waals surface area (Å²) in [5.74, 6) is -1.26. The van der Waals surface area contributed by atoms with Crippen LogP contribution in [0.3, 0.4) is 0 Å². The Kier molecular flexibility index (Phi) is 5.58. The van der Waals surface area contributed by atoms with Crippen molar-refractivity contribution in [3.05, 3.63) is 28.5 Å². The highest BCUT2D eigenvalue weighted by atomic mass is 79.9. The van der Waals surface area contributed by atoms with Crippen LogP contribution in [0.4, 0.5) is 14.9 Å². The summed E-state index contributed by atoms with van der Waals surface area (Å²) in [5.41, 5.74) is 0.00212. The van der Waals surface area contributed by atoms with Gasteiger partial charge >= 0.3 is 6.03 Å². The average Bonchev–Trinajstić information content (AvgIpc) is 2.79. The van der Waals surface area contributed by atoms with Gasteiger partial charge in [0.15, 0.2) is 9.84 Å². The standard InChI is InChI=1S/C13H15BrFN3O4S/c14-8-1-2-11(10(15)5-8)18-12(19)6-16-13(20)17-9-3-4-23(21,22)7-9/h1-2,5,9H,3-4,6-7H2,(H,18,19)(H2,16,17,20)/t9-/m0/s1. The number of amides is 3. The zero-order chi connectivity index (χ0) is 17.0. The smallest absolute Gasteiger partial charge is 0.315 e. The molecule has 1 heterocycles. The quantitative estimate of drug-likeness (QED) is 0.692. The monoisotopic (exact) mass is 407 g/mol. The zero-order valence-electron chi connectivity index (χ0n) is 11.9. The van der Waals surface area contributed by atoms with Gasteiger partial charge in [0.2, 0.25) is 5.91 Å². The number of rotatable bonds is 4. The molecule has 0 saturated carbocycles. The predicted molar refractivity (Wildman–Crippen MR) is 86.3 cm³/mol. The van der Waals surface area contributed by atoms with E-state index in [0.29, 0.717) is 10.9 Å². The topological polar surface area (TPSA) is 104 Å². The minimum atomic E-state index is -3.09. The second kappa shape index (κ2) is 7.26. The van der Waals surface area contributed by atoms with Gasteiger partial charge in [0, 0.05) is 10.5 Å². The molecule has 0 spiro atoms. The molecule has 1 aliphatic rings. The van der Waals surface area contributed by atoms with Crippen LogP contribution in [0.2, 0.25) is 0 Å². The molecule has 7 nitrogen and oxygen atoms in total. The Morgan fingerprint density at radius 2 is 2.09 bits per heavy atom. The number of hydrogen-bond acceptors (Lipinski definition) is 4. The second-order valence-electron chi connectivity index (χ2n) is 5.10. The van der Waals surface area contributed by atoms with Crippen LogP contribution < -0.4 is 16.0 Å². The highest BCUT2D eigenvalue weighted by molar-refractivity contribution is 9.10. The zero-order valence-corrected chi connectivity index (χ0v) is 14.3. The van der Waals surface area contributed by atoms with Crippen molar-refractivity contribution in [3.8, 4) is 0 Å². The summed E-state index contributed by atoms with van der Waals surface area (Å²) in [4.78, 5) is 23.3. The fourth-order valence-corrected chi connectivity index (χ4v) is 4.10. The number of halogens is 2. The van der Waals surface area contributed by atoms with E-state index in [2.05, 4.69) is 31.9 Å². The third kappa shape index (κ3) is 5.47. The van der Waals surface area contributed by atoms with E-state index in [0.717, 1.165) is 0 Å². The first kappa shape index (κ1) is 17.7. The molecular weight excluding hydrogens is 393 g/mol. The molecule has 0 radical (unpaired) electrons. The lowest BCUT2D eigenvalue weighted by Crippen LogP contribution is -2.45. The van der Waals surface area contributed by atoms with Gasteiger partial charge in [0.1, 0.15) is 5.82 Å². The van der Waals surface area contributed by atoms with Gasteiger partial charge in [-0.2, -0.15) is 0 Å². The van der Waals surface area contributed by atoms with Crippen molar-refractivity contribution in [2.75, 3.05) is 23.4 Å². The third-order valence-electron chi connectivity index (χ3n) is 3.18. The molecule has 1 saturated heterocycles. The number of carbonyl (C=O) groups excluding carboxylic acids is 2. The molecule has 23 heavy (non-hydrogen) atoms. The first-order valence-electron chi connectivity index (χ1n) is 6.75. The van der Waals surface area contributed by atoms with E-state index < -0.39 is 33.6 Å². The molecule has 3 amide bonds. The van der Waals surface area contributed by atoms with Gasteiger partial charge in [-0.25, -0.2) is 17.6 Å². The Morgan fingerprint density at radius 3 is 2.70 bits per heavy atom. The van der Waals surface area contributed by atoms with Crippen LogP contribution in [0.15, 0.2) is 22.7 Å². The number of anilines is 1.